The third kappa shape index (κ3) is 2.53. The number of carbonyl (C=O) groups is 1. The number of para-hydroxylation sites is 1. The number of anilines is 1. The molecule has 0 saturated heterocycles. The first kappa shape index (κ1) is 15.4. The molecule has 1 amide bonds. The largest absolute Gasteiger partial charge is 0.496 e. The molecule has 7 heteroatoms. The van der Waals surface area contributed by atoms with E-state index in [2.05, 4.69) is 0 Å². The van der Waals surface area contributed by atoms with Gasteiger partial charge in [0.25, 0.3) is 15.9 Å². The van der Waals surface area contributed by atoms with Crippen LogP contribution in [0, 0.1) is 0 Å². The lowest BCUT2D eigenvalue weighted by molar-refractivity contribution is 0.0997. The Kier molecular flexibility index (Phi) is 3.73. The van der Waals surface area contributed by atoms with Gasteiger partial charge < -0.3 is 10.5 Å². The number of methoxy groups -OCH3 is 1. The van der Waals surface area contributed by atoms with Gasteiger partial charge in [-0.2, -0.15) is 0 Å². The van der Waals surface area contributed by atoms with Gasteiger partial charge in [-0.05, 0) is 36.2 Å². The van der Waals surface area contributed by atoms with Crippen molar-refractivity contribution < 1.29 is 17.9 Å². The summed E-state index contributed by atoms with van der Waals surface area (Å²) >= 11 is 0. The van der Waals surface area contributed by atoms with Crippen LogP contribution in [0.2, 0.25) is 0 Å². The van der Waals surface area contributed by atoms with E-state index in [4.69, 9.17) is 10.5 Å². The molecular weight excluding hydrogens is 316 g/mol. The zero-order valence-corrected chi connectivity index (χ0v) is 13.3. The molecule has 3 rings (SSSR count). The van der Waals surface area contributed by atoms with Gasteiger partial charge in [0.15, 0.2) is 0 Å². The average molecular weight is 332 g/mol. The zero-order chi connectivity index (χ0) is 16.6. The van der Waals surface area contributed by atoms with E-state index < -0.39 is 15.9 Å². The van der Waals surface area contributed by atoms with Gasteiger partial charge in [-0.1, -0.05) is 18.2 Å². The molecule has 120 valence electrons. The maximum atomic E-state index is 12.9. The van der Waals surface area contributed by atoms with Crippen molar-refractivity contribution >= 4 is 21.6 Å². The summed E-state index contributed by atoms with van der Waals surface area (Å²) in [4.78, 5) is 11.5. The Morgan fingerprint density at radius 2 is 1.96 bits per heavy atom. The van der Waals surface area contributed by atoms with Crippen molar-refractivity contribution in [3.8, 4) is 5.75 Å². The molecule has 0 atom stereocenters. The maximum absolute atomic E-state index is 12.9. The Bertz CT molecular complexity index is 877. The van der Waals surface area contributed by atoms with E-state index in [0.29, 0.717) is 18.7 Å². The smallest absolute Gasteiger partial charge is 0.264 e. The number of amides is 1. The molecule has 2 aromatic carbocycles. The fourth-order valence-corrected chi connectivity index (χ4v) is 4.25. The second-order valence-electron chi connectivity index (χ2n) is 5.18. The second kappa shape index (κ2) is 5.58. The highest BCUT2D eigenvalue weighted by atomic mass is 32.2. The summed E-state index contributed by atoms with van der Waals surface area (Å²) in [5, 5.41) is 0. The summed E-state index contributed by atoms with van der Waals surface area (Å²) in [6.07, 6.45) is 0.661. The number of hydrogen-bond donors (Lipinski definition) is 1. The summed E-state index contributed by atoms with van der Waals surface area (Å²) < 4.78 is 32.2. The molecule has 0 aromatic heterocycles. The Hall–Kier alpha value is -2.54. The lowest BCUT2D eigenvalue weighted by Gasteiger charge is -2.20. The van der Waals surface area contributed by atoms with Crippen LogP contribution in [-0.4, -0.2) is 28.0 Å². The van der Waals surface area contributed by atoms with Crippen LogP contribution in [0.1, 0.15) is 15.9 Å². The minimum atomic E-state index is -3.76. The molecule has 0 aliphatic carbocycles. The van der Waals surface area contributed by atoms with E-state index in [1.807, 2.05) is 12.1 Å². The number of benzene rings is 2. The molecule has 6 nitrogen and oxygen atoms in total. The fraction of sp³-hybridized carbons (Fsp3) is 0.188. The standard InChI is InChI=1S/C16H16N2O4S/c1-22-15-7-6-12(10-13(15)16(17)19)23(20,21)18-9-8-11-4-2-3-5-14(11)18/h2-7,10H,8-9H2,1H3,(H2,17,19). The van der Waals surface area contributed by atoms with E-state index in [1.54, 1.807) is 12.1 Å². The Balaban J connectivity index is 2.08. The first-order valence-corrected chi connectivity index (χ1v) is 8.47. The normalized spacial score (nSPS) is 13.7. The van der Waals surface area contributed by atoms with Gasteiger partial charge in [-0.15, -0.1) is 0 Å². The monoisotopic (exact) mass is 332 g/mol. The van der Waals surface area contributed by atoms with Crippen LogP contribution in [-0.2, 0) is 16.4 Å². The second-order valence-corrected chi connectivity index (χ2v) is 7.04. The Labute approximate surface area is 134 Å². The number of sulfonamides is 1. The van der Waals surface area contributed by atoms with E-state index in [-0.39, 0.29) is 16.2 Å². The van der Waals surface area contributed by atoms with Crippen molar-refractivity contribution in [2.45, 2.75) is 11.3 Å². The van der Waals surface area contributed by atoms with E-state index in [0.717, 1.165) is 5.56 Å². The van der Waals surface area contributed by atoms with Crippen LogP contribution < -0.4 is 14.8 Å². The molecule has 1 aliphatic heterocycles. The average Bonchev–Trinajstić information content (AvgIpc) is 2.98. The van der Waals surface area contributed by atoms with Crippen LogP contribution in [0.25, 0.3) is 0 Å². The van der Waals surface area contributed by atoms with Crippen LogP contribution in [0.4, 0.5) is 5.69 Å². The highest BCUT2D eigenvalue weighted by Crippen LogP contribution is 2.33. The van der Waals surface area contributed by atoms with Crippen molar-refractivity contribution in [1.82, 2.24) is 0 Å². The van der Waals surface area contributed by atoms with Crippen molar-refractivity contribution in [3.05, 3.63) is 53.6 Å². The number of carbonyl (C=O) groups excluding carboxylic acids is 1. The SMILES string of the molecule is COc1ccc(S(=O)(=O)N2CCc3ccccc32)cc1C(N)=O. The molecule has 1 heterocycles. The minimum Gasteiger partial charge on any atom is -0.496 e. The summed E-state index contributed by atoms with van der Waals surface area (Å²) in [6, 6.07) is 11.5. The molecule has 0 bridgehead atoms. The predicted molar refractivity (Wildman–Crippen MR) is 86.2 cm³/mol. The van der Waals surface area contributed by atoms with Crippen LogP contribution in [0.5, 0.6) is 5.75 Å². The van der Waals surface area contributed by atoms with Gasteiger partial charge in [0.05, 0.1) is 23.3 Å². The lowest BCUT2D eigenvalue weighted by Crippen LogP contribution is -2.29. The van der Waals surface area contributed by atoms with E-state index >= 15 is 0 Å². The van der Waals surface area contributed by atoms with Gasteiger partial charge in [0.2, 0.25) is 0 Å². The summed E-state index contributed by atoms with van der Waals surface area (Å²) in [5.74, 6) is -0.487. The van der Waals surface area contributed by atoms with Crippen molar-refractivity contribution in [2.75, 3.05) is 18.0 Å². The molecule has 0 unspecified atom stereocenters. The topological polar surface area (TPSA) is 89.7 Å². The summed E-state index contributed by atoms with van der Waals surface area (Å²) in [7, 11) is -2.37. The lowest BCUT2D eigenvalue weighted by atomic mass is 10.2. The predicted octanol–water partition coefficient (Wildman–Crippen LogP) is 1.55. The molecule has 23 heavy (non-hydrogen) atoms. The third-order valence-corrected chi connectivity index (χ3v) is 5.68. The van der Waals surface area contributed by atoms with Crippen LogP contribution in [0.3, 0.4) is 0 Å². The Morgan fingerprint density at radius 3 is 2.65 bits per heavy atom. The zero-order valence-electron chi connectivity index (χ0n) is 12.5. The van der Waals surface area contributed by atoms with Crippen molar-refractivity contribution in [3.63, 3.8) is 0 Å². The molecule has 0 fully saturated rings. The molecule has 0 saturated carbocycles. The van der Waals surface area contributed by atoms with E-state index in [9.17, 15) is 13.2 Å². The van der Waals surface area contributed by atoms with Gasteiger partial charge in [-0.3, -0.25) is 9.10 Å². The van der Waals surface area contributed by atoms with Gasteiger partial charge in [0.1, 0.15) is 5.75 Å². The summed E-state index contributed by atoms with van der Waals surface area (Å²) in [6.45, 7) is 0.375. The first-order valence-electron chi connectivity index (χ1n) is 7.03. The molecule has 0 spiro atoms. The highest BCUT2D eigenvalue weighted by molar-refractivity contribution is 7.92. The van der Waals surface area contributed by atoms with Gasteiger partial charge in [0, 0.05) is 6.54 Å². The number of ether oxygens (including phenoxy) is 1. The maximum Gasteiger partial charge on any atom is 0.264 e. The summed E-state index contributed by atoms with van der Waals surface area (Å²) in [5.41, 5.74) is 7.00. The molecular formula is C16H16N2O4S. The van der Waals surface area contributed by atoms with Gasteiger partial charge in [-0.25, -0.2) is 8.42 Å². The van der Waals surface area contributed by atoms with Gasteiger partial charge >= 0.3 is 0 Å². The minimum absolute atomic E-state index is 0.0174. The number of nitrogens with zero attached hydrogens (tertiary/aromatic N) is 1. The van der Waals surface area contributed by atoms with Crippen molar-refractivity contribution in [2.24, 2.45) is 5.73 Å². The number of primary amides is 1. The van der Waals surface area contributed by atoms with E-state index in [1.165, 1.54) is 29.6 Å². The third-order valence-electron chi connectivity index (χ3n) is 3.87. The van der Waals surface area contributed by atoms with Crippen molar-refractivity contribution in [1.29, 1.82) is 0 Å². The number of nitrogens with two attached hydrogens (primary N) is 1. The highest BCUT2D eigenvalue weighted by Gasteiger charge is 2.31. The molecule has 2 aromatic rings. The number of fused-ring (bicyclic) bond motifs is 1. The number of rotatable bonds is 4. The Morgan fingerprint density at radius 1 is 1.22 bits per heavy atom. The molecule has 1 aliphatic rings. The van der Waals surface area contributed by atoms with Crippen LogP contribution in [0.15, 0.2) is 47.4 Å². The van der Waals surface area contributed by atoms with Crippen LogP contribution >= 0.6 is 0 Å². The molecule has 0 radical (unpaired) electrons. The fourth-order valence-electron chi connectivity index (χ4n) is 2.72. The number of hydrogen-bond acceptors (Lipinski definition) is 4. The quantitative estimate of drug-likeness (QED) is 0.920. The first-order chi connectivity index (χ1) is 10.9. The molecule has 2 N–H and O–H groups in total.